The van der Waals surface area contributed by atoms with E-state index in [9.17, 15) is 13.2 Å². The summed E-state index contributed by atoms with van der Waals surface area (Å²) in [4.78, 5) is 11.8. The molecule has 0 rings (SSSR count). The SMILES string of the molecule is CCC(CC)NC(=O)C(C)NCCS(=O)(=O)CC. The van der Waals surface area contributed by atoms with Gasteiger partial charge in [-0.3, -0.25) is 4.79 Å². The van der Waals surface area contributed by atoms with Crippen LogP contribution in [0.5, 0.6) is 0 Å². The lowest BCUT2D eigenvalue weighted by Crippen LogP contribution is -2.47. The lowest BCUT2D eigenvalue weighted by molar-refractivity contribution is -0.123. The first-order chi connectivity index (χ1) is 8.36. The van der Waals surface area contributed by atoms with Crippen molar-refractivity contribution in [1.29, 1.82) is 0 Å². The second kappa shape index (κ2) is 8.48. The van der Waals surface area contributed by atoms with Crippen LogP contribution in [-0.4, -0.2) is 44.5 Å². The minimum absolute atomic E-state index is 0.0717. The number of carbonyl (C=O) groups is 1. The highest BCUT2D eigenvalue weighted by Crippen LogP contribution is 1.97. The number of sulfone groups is 1. The summed E-state index contributed by atoms with van der Waals surface area (Å²) in [6.45, 7) is 7.74. The Balaban J connectivity index is 4.02. The van der Waals surface area contributed by atoms with Crippen molar-refractivity contribution in [2.45, 2.75) is 52.6 Å². The van der Waals surface area contributed by atoms with Crippen LogP contribution in [-0.2, 0) is 14.6 Å². The molecule has 0 aliphatic rings. The summed E-state index contributed by atoms with van der Waals surface area (Å²) in [5.41, 5.74) is 0. The molecular formula is C12H26N2O3S. The van der Waals surface area contributed by atoms with Gasteiger partial charge in [0, 0.05) is 18.3 Å². The van der Waals surface area contributed by atoms with Crippen molar-refractivity contribution >= 4 is 15.7 Å². The molecule has 0 aromatic heterocycles. The Kier molecular flexibility index (Phi) is 8.18. The standard InChI is InChI=1S/C12H26N2O3S/c1-5-11(6-2)14-12(15)10(4)13-8-9-18(16,17)7-3/h10-11,13H,5-9H2,1-4H3,(H,14,15). The molecular weight excluding hydrogens is 252 g/mol. The normalized spacial score (nSPS) is 13.6. The van der Waals surface area contributed by atoms with E-state index in [2.05, 4.69) is 10.6 Å². The molecule has 0 bridgehead atoms. The van der Waals surface area contributed by atoms with E-state index in [-0.39, 0.29) is 29.5 Å². The minimum atomic E-state index is -2.97. The fourth-order valence-electron chi connectivity index (χ4n) is 1.49. The molecule has 0 heterocycles. The number of hydrogen-bond donors (Lipinski definition) is 2. The van der Waals surface area contributed by atoms with Gasteiger partial charge >= 0.3 is 0 Å². The Morgan fingerprint density at radius 3 is 2.17 bits per heavy atom. The summed E-state index contributed by atoms with van der Waals surface area (Å²) in [6.07, 6.45) is 1.80. The number of rotatable bonds is 9. The van der Waals surface area contributed by atoms with Crippen molar-refractivity contribution in [1.82, 2.24) is 10.6 Å². The molecule has 0 saturated heterocycles. The summed E-state index contributed by atoms with van der Waals surface area (Å²) in [6, 6.07) is -0.168. The van der Waals surface area contributed by atoms with Gasteiger partial charge < -0.3 is 10.6 Å². The van der Waals surface area contributed by atoms with E-state index in [1.54, 1.807) is 13.8 Å². The van der Waals surface area contributed by atoms with Gasteiger partial charge in [-0.1, -0.05) is 20.8 Å². The Bertz CT molecular complexity index is 337. The molecule has 1 atom stereocenters. The number of amides is 1. The highest BCUT2D eigenvalue weighted by atomic mass is 32.2. The molecule has 0 fully saturated rings. The van der Waals surface area contributed by atoms with E-state index >= 15 is 0 Å². The van der Waals surface area contributed by atoms with Crippen LogP contribution < -0.4 is 10.6 Å². The maximum Gasteiger partial charge on any atom is 0.237 e. The van der Waals surface area contributed by atoms with Crippen molar-refractivity contribution in [3.05, 3.63) is 0 Å². The molecule has 0 saturated carbocycles. The van der Waals surface area contributed by atoms with Crippen LogP contribution in [0.2, 0.25) is 0 Å². The average Bonchev–Trinajstić information content (AvgIpc) is 2.35. The highest BCUT2D eigenvalue weighted by Gasteiger charge is 2.16. The molecule has 18 heavy (non-hydrogen) atoms. The molecule has 0 aromatic carbocycles. The summed E-state index contributed by atoms with van der Waals surface area (Å²) >= 11 is 0. The highest BCUT2D eigenvalue weighted by molar-refractivity contribution is 7.91. The lowest BCUT2D eigenvalue weighted by Gasteiger charge is -2.19. The van der Waals surface area contributed by atoms with Crippen LogP contribution in [0.1, 0.15) is 40.5 Å². The van der Waals surface area contributed by atoms with Crippen LogP contribution in [0.25, 0.3) is 0 Å². The third-order valence-corrected chi connectivity index (χ3v) is 4.73. The number of carbonyl (C=O) groups excluding carboxylic acids is 1. The van der Waals surface area contributed by atoms with Gasteiger partial charge in [0.15, 0.2) is 9.84 Å². The molecule has 0 aliphatic heterocycles. The van der Waals surface area contributed by atoms with E-state index in [0.29, 0.717) is 6.54 Å². The summed E-state index contributed by atoms with van der Waals surface area (Å²) < 4.78 is 22.6. The molecule has 6 heteroatoms. The van der Waals surface area contributed by atoms with Crippen LogP contribution in [0, 0.1) is 0 Å². The smallest absolute Gasteiger partial charge is 0.237 e. The van der Waals surface area contributed by atoms with Crippen LogP contribution in [0.3, 0.4) is 0 Å². The molecule has 108 valence electrons. The quantitative estimate of drug-likeness (QED) is 0.651. The van der Waals surface area contributed by atoms with Gasteiger partial charge in [-0.15, -0.1) is 0 Å². The van der Waals surface area contributed by atoms with Crippen molar-refractivity contribution in [3.63, 3.8) is 0 Å². The zero-order chi connectivity index (χ0) is 14.2. The van der Waals surface area contributed by atoms with E-state index < -0.39 is 9.84 Å². The maximum atomic E-state index is 11.8. The van der Waals surface area contributed by atoms with E-state index in [1.165, 1.54) is 0 Å². The van der Waals surface area contributed by atoms with Gasteiger partial charge in [0.25, 0.3) is 0 Å². The van der Waals surface area contributed by atoms with Crippen LogP contribution in [0.4, 0.5) is 0 Å². The van der Waals surface area contributed by atoms with Crippen molar-refractivity contribution in [2.75, 3.05) is 18.1 Å². The van der Waals surface area contributed by atoms with Gasteiger partial charge in [-0.25, -0.2) is 8.42 Å². The Morgan fingerprint density at radius 1 is 1.17 bits per heavy atom. The van der Waals surface area contributed by atoms with E-state index in [1.807, 2.05) is 13.8 Å². The fourth-order valence-corrected chi connectivity index (χ4v) is 2.20. The van der Waals surface area contributed by atoms with Crippen LogP contribution in [0.15, 0.2) is 0 Å². The zero-order valence-electron chi connectivity index (χ0n) is 11.8. The number of nitrogens with one attached hydrogen (secondary N) is 2. The van der Waals surface area contributed by atoms with Gasteiger partial charge in [0.05, 0.1) is 11.8 Å². The fraction of sp³-hybridized carbons (Fsp3) is 0.917. The predicted octanol–water partition coefficient (Wildman–Crippen LogP) is 0.704. The van der Waals surface area contributed by atoms with E-state index in [4.69, 9.17) is 0 Å². The third-order valence-electron chi connectivity index (χ3n) is 3.03. The average molecular weight is 278 g/mol. The zero-order valence-corrected chi connectivity index (χ0v) is 12.6. The summed E-state index contributed by atoms with van der Waals surface area (Å²) in [5.74, 6) is 0.146. The van der Waals surface area contributed by atoms with Gasteiger partial charge in [0.2, 0.25) is 5.91 Å². The van der Waals surface area contributed by atoms with Gasteiger partial charge in [-0.05, 0) is 19.8 Å². The Morgan fingerprint density at radius 2 is 1.72 bits per heavy atom. The predicted molar refractivity (Wildman–Crippen MR) is 74.3 cm³/mol. The maximum absolute atomic E-state index is 11.8. The first-order valence-electron chi connectivity index (χ1n) is 6.60. The van der Waals surface area contributed by atoms with Gasteiger partial charge in [-0.2, -0.15) is 0 Å². The number of hydrogen-bond acceptors (Lipinski definition) is 4. The first kappa shape index (κ1) is 17.4. The molecule has 1 unspecified atom stereocenters. The Hall–Kier alpha value is -0.620. The third kappa shape index (κ3) is 6.96. The summed E-state index contributed by atoms with van der Waals surface area (Å²) in [7, 11) is -2.97. The van der Waals surface area contributed by atoms with Gasteiger partial charge in [0.1, 0.15) is 0 Å². The minimum Gasteiger partial charge on any atom is -0.352 e. The monoisotopic (exact) mass is 278 g/mol. The lowest BCUT2D eigenvalue weighted by atomic mass is 10.1. The summed E-state index contributed by atoms with van der Waals surface area (Å²) in [5, 5.41) is 5.86. The molecule has 5 nitrogen and oxygen atoms in total. The topological polar surface area (TPSA) is 75.3 Å². The molecule has 0 aromatic rings. The molecule has 2 N–H and O–H groups in total. The molecule has 1 amide bonds. The molecule has 0 spiro atoms. The molecule has 0 radical (unpaired) electrons. The largest absolute Gasteiger partial charge is 0.352 e. The van der Waals surface area contributed by atoms with Crippen molar-refractivity contribution < 1.29 is 13.2 Å². The second-order valence-corrected chi connectivity index (χ2v) is 6.91. The van der Waals surface area contributed by atoms with Crippen LogP contribution >= 0.6 is 0 Å². The van der Waals surface area contributed by atoms with Crippen molar-refractivity contribution in [2.24, 2.45) is 0 Å². The Labute approximate surface area is 111 Å². The second-order valence-electron chi connectivity index (χ2n) is 4.43. The first-order valence-corrected chi connectivity index (χ1v) is 8.42. The van der Waals surface area contributed by atoms with E-state index in [0.717, 1.165) is 12.8 Å². The molecule has 0 aliphatic carbocycles. The van der Waals surface area contributed by atoms with Crippen molar-refractivity contribution in [3.8, 4) is 0 Å².